The van der Waals surface area contributed by atoms with E-state index in [0.717, 1.165) is 18.4 Å². The molecule has 1 unspecified atom stereocenters. The SMILES string of the molecule is O=C1NC2(CCCc3sccc32)C(=O)N1Cc1ccc(Cl)cn1. The molecule has 1 atom stereocenters. The van der Waals surface area contributed by atoms with Gasteiger partial charge in [-0.1, -0.05) is 11.6 Å². The van der Waals surface area contributed by atoms with Crippen LogP contribution >= 0.6 is 22.9 Å². The molecule has 1 aliphatic heterocycles. The lowest BCUT2D eigenvalue weighted by Gasteiger charge is -2.31. The topological polar surface area (TPSA) is 62.3 Å². The van der Waals surface area contributed by atoms with Gasteiger partial charge in [0.25, 0.3) is 5.91 Å². The first-order valence-corrected chi connectivity index (χ1v) is 8.67. The molecule has 3 heterocycles. The number of carbonyl (C=O) groups excluding carboxylic acids is 2. The minimum Gasteiger partial charge on any atom is -0.319 e. The van der Waals surface area contributed by atoms with Gasteiger partial charge in [0.2, 0.25) is 0 Å². The van der Waals surface area contributed by atoms with Gasteiger partial charge < -0.3 is 5.32 Å². The van der Waals surface area contributed by atoms with Crippen molar-refractivity contribution in [2.24, 2.45) is 0 Å². The number of hydrogen-bond donors (Lipinski definition) is 1. The van der Waals surface area contributed by atoms with Crippen molar-refractivity contribution in [2.45, 2.75) is 31.3 Å². The van der Waals surface area contributed by atoms with Crippen molar-refractivity contribution in [3.05, 3.63) is 50.9 Å². The van der Waals surface area contributed by atoms with Gasteiger partial charge in [0.15, 0.2) is 0 Å². The fourth-order valence-corrected chi connectivity index (χ4v) is 4.46. The standard InChI is InChI=1S/C16H14ClN3O2S/c17-10-3-4-11(18-8-10)9-20-14(21)16(19-15(20)22)6-1-2-13-12(16)5-7-23-13/h3-5,7-8H,1-2,6,9H2,(H,19,22). The fourth-order valence-electron chi connectivity index (χ4n) is 3.35. The Kier molecular flexibility index (Phi) is 3.39. The molecular formula is C16H14ClN3O2S. The quantitative estimate of drug-likeness (QED) is 0.849. The first kappa shape index (κ1) is 14.7. The second-order valence-electron chi connectivity index (χ2n) is 5.81. The van der Waals surface area contributed by atoms with Crippen LogP contribution in [0.25, 0.3) is 0 Å². The molecule has 1 aliphatic carbocycles. The number of pyridine rings is 1. The molecule has 7 heteroatoms. The van der Waals surface area contributed by atoms with E-state index in [4.69, 9.17) is 11.6 Å². The van der Waals surface area contributed by atoms with Gasteiger partial charge >= 0.3 is 6.03 Å². The average Bonchev–Trinajstić information content (AvgIpc) is 3.10. The summed E-state index contributed by atoms with van der Waals surface area (Å²) in [5, 5.41) is 5.45. The van der Waals surface area contributed by atoms with Crippen molar-refractivity contribution in [3.8, 4) is 0 Å². The first-order valence-electron chi connectivity index (χ1n) is 7.41. The molecule has 1 fully saturated rings. The number of urea groups is 1. The molecule has 2 aliphatic rings. The molecule has 118 valence electrons. The highest BCUT2D eigenvalue weighted by Crippen LogP contribution is 2.42. The van der Waals surface area contributed by atoms with Crippen LogP contribution < -0.4 is 5.32 Å². The second kappa shape index (κ2) is 5.32. The minimum absolute atomic E-state index is 0.156. The van der Waals surface area contributed by atoms with E-state index in [9.17, 15) is 9.59 Å². The lowest BCUT2D eigenvalue weighted by atomic mass is 9.80. The summed E-state index contributed by atoms with van der Waals surface area (Å²) in [4.78, 5) is 32.0. The summed E-state index contributed by atoms with van der Waals surface area (Å²) in [6.07, 6.45) is 4.03. The van der Waals surface area contributed by atoms with E-state index in [1.54, 1.807) is 23.5 Å². The van der Waals surface area contributed by atoms with E-state index >= 15 is 0 Å². The number of fused-ring (bicyclic) bond motifs is 2. The fraction of sp³-hybridized carbons (Fsp3) is 0.312. The van der Waals surface area contributed by atoms with Gasteiger partial charge in [0, 0.05) is 16.6 Å². The zero-order valence-electron chi connectivity index (χ0n) is 12.2. The van der Waals surface area contributed by atoms with Gasteiger partial charge in [-0.15, -0.1) is 11.3 Å². The minimum atomic E-state index is -0.892. The molecule has 0 bridgehead atoms. The van der Waals surface area contributed by atoms with Crippen LogP contribution in [0.4, 0.5) is 4.79 Å². The molecule has 5 nitrogen and oxygen atoms in total. The van der Waals surface area contributed by atoms with Gasteiger partial charge in [0.1, 0.15) is 5.54 Å². The number of aryl methyl sites for hydroxylation is 1. The normalized spacial score (nSPS) is 23.3. The smallest absolute Gasteiger partial charge is 0.319 e. The van der Waals surface area contributed by atoms with Crippen LogP contribution in [0.1, 0.15) is 29.0 Å². The molecule has 1 spiro atoms. The number of aromatic nitrogens is 1. The van der Waals surface area contributed by atoms with Gasteiger partial charge in [-0.05, 0) is 42.8 Å². The highest BCUT2D eigenvalue weighted by molar-refractivity contribution is 7.10. The number of imide groups is 1. The van der Waals surface area contributed by atoms with Crippen LogP contribution in [0.5, 0.6) is 0 Å². The van der Waals surface area contributed by atoms with Crippen LogP contribution in [-0.2, 0) is 23.3 Å². The van der Waals surface area contributed by atoms with Crippen molar-refractivity contribution in [3.63, 3.8) is 0 Å². The first-order chi connectivity index (χ1) is 11.1. The highest BCUT2D eigenvalue weighted by atomic mass is 35.5. The maximum absolute atomic E-state index is 13.0. The molecule has 2 aromatic heterocycles. The predicted octanol–water partition coefficient (Wildman–Crippen LogP) is 3.08. The molecule has 0 saturated carbocycles. The Hall–Kier alpha value is -1.92. The number of halogens is 1. The highest BCUT2D eigenvalue weighted by Gasteiger charge is 2.54. The summed E-state index contributed by atoms with van der Waals surface area (Å²) < 4.78 is 0. The Morgan fingerprint density at radius 3 is 3.00 bits per heavy atom. The molecule has 1 saturated heterocycles. The van der Waals surface area contributed by atoms with E-state index in [2.05, 4.69) is 10.3 Å². The van der Waals surface area contributed by atoms with E-state index in [-0.39, 0.29) is 18.5 Å². The third-order valence-corrected chi connectivity index (χ3v) is 5.65. The summed E-state index contributed by atoms with van der Waals surface area (Å²) in [5.74, 6) is -0.182. The van der Waals surface area contributed by atoms with Crippen LogP contribution in [0.2, 0.25) is 5.02 Å². The van der Waals surface area contributed by atoms with Gasteiger partial charge in [-0.2, -0.15) is 0 Å². The Morgan fingerprint density at radius 2 is 2.22 bits per heavy atom. The number of carbonyl (C=O) groups is 2. The Morgan fingerprint density at radius 1 is 1.35 bits per heavy atom. The maximum atomic E-state index is 13.0. The van der Waals surface area contributed by atoms with E-state index in [1.807, 2.05) is 11.4 Å². The Balaban J connectivity index is 1.66. The summed E-state index contributed by atoms with van der Waals surface area (Å²) in [6, 6.07) is 5.03. The van der Waals surface area contributed by atoms with Crippen LogP contribution in [0, 0.1) is 0 Å². The van der Waals surface area contributed by atoms with Gasteiger partial charge in [0.05, 0.1) is 17.3 Å². The molecule has 0 radical (unpaired) electrons. The zero-order valence-corrected chi connectivity index (χ0v) is 13.8. The van der Waals surface area contributed by atoms with Crippen LogP contribution in [-0.4, -0.2) is 21.8 Å². The van der Waals surface area contributed by atoms with E-state index in [1.165, 1.54) is 16.0 Å². The van der Waals surface area contributed by atoms with Crippen LogP contribution in [0.15, 0.2) is 29.8 Å². The third kappa shape index (κ3) is 2.24. The number of rotatable bonds is 2. The van der Waals surface area contributed by atoms with Gasteiger partial charge in [-0.25, -0.2) is 4.79 Å². The van der Waals surface area contributed by atoms with Crippen molar-refractivity contribution in [2.75, 3.05) is 0 Å². The lowest BCUT2D eigenvalue weighted by Crippen LogP contribution is -2.46. The van der Waals surface area contributed by atoms with Crippen LogP contribution in [0.3, 0.4) is 0 Å². The molecule has 1 N–H and O–H groups in total. The largest absolute Gasteiger partial charge is 0.325 e. The van der Waals surface area contributed by atoms with Crippen molar-refractivity contribution >= 4 is 34.9 Å². The Labute approximate surface area is 142 Å². The number of thiophene rings is 1. The molecule has 0 aromatic carbocycles. The van der Waals surface area contributed by atoms with Crippen molar-refractivity contribution < 1.29 is 9.59 Å². The zero-order chi connectivity index (χ0) is 16.0. The summed E-state index contributed by atoms with van der Waals surface area (Å²) in [7, 11) is 0. The number of nitrogens with zero attached hydrogens (tertiary/aromatic N) is 2. The molecule has 23 heavy (non-hydrogen) atoms. The second-order valence-corrected chi connectivity index (χ2v) is 7.24. The molecule has 3 amide bonds. The molecule has 2 aromatic rings. The average molecular weight is 348 g/mol. The van der Waals surface area contributed by atoms with E-state index < -0.39 is 5.54 Å². The number of nitrogens with one attached hydrogen (secondary N) is 1. The lowest BCUT2D eigenvalue weighted by molar-refractivity contribution is -0.132. The summed E-state index contributed by atoms with van der Waals surface area (Å²) in [6.45, 7) is 0.156. The van der Waals surface area contributed by atoms with Gasteiger partial charge in [-0.3, -0.25) is 14.7 Å². The Bertz CT molecular complexity index is 789. The predicted molar refractivity (Wildman–Crippen MR) is 87.3 cm³/mol. The molecule has 4 rings (SSSR count). The van der Waals surface area contributed by atoms with Crippen molar-refractivity contribution in [1.82, 2.24) is 15.2 Å². The maximum Gasteiger partial charge on any atom is 0.325 e. The monoisotopic (exact) mass is 347 g/mol. The summed E-state index contributed by atoms with van der Waals surface area (Å²) in [5.41, 5.74) is 0.701. The van der Waals surface area contributed by atoms with E-state index in [0.29, 0.717) is 17.1 Å². The molecular weight excluding hydrogens is 334 g/mol. The van der Waals surface area contributed by atoms with Crippen molar-refractivity contribution in [1.29, 1.82) is 0 Å². The summed E-state index contributed by atoms with van der Waals surface area (Å²) >= 11 is 7.47. The number of amides is 3. The third-order valence-electron chi connectivity index (χ3n) is 4.45. The number of hydrogen-bond acceptors (Lipinski definition) is 4.